The van der Waals surface area contributed by atoms with Crippen molar-refractivity contribution < 1.29 is 4.79 Å². The second-order valence-electron chi connectivity index (χ2n) is 6.66. The summed E-state index contributed by atoms with van der Waals surface area (Å²) in [5.41, 5.74) is 3.68. The van der Waals surface area contributed by atoms with Crippen molar-refractivity contribution in [3.8, 4) is 0 Å². The number of benzene rings is 4. The van der Waals surface area contributed by atoms with Crippen LogP contribution in [0.4, 0.5) is 0 Å². The average Bonchev–Trinajstić information content (AvgIpc) is 2.77. The Morgan fingerprint density at radius 2 is 1.36 bits per heavy atom. The highest BCUT2D eigenvalue weighted by atomic mass is 16.1. The van der Waals surface area contributed by atoms with Crippen LogP contribution in [-0.4, -0.2) is 5.91 Å². The van der Waals surface area contributed by atoms with Gasteiger partial charge in [0.1, 0.15) is 0 Å². The number of hydrogen-bond donors (Lipinski definition) is 1. The first-order chi connectivity index (χ1) is 13.8. The van der Waals surface area contributed by atoms with Crippen molar-refractivity contribution in [3.05, 3.63) is 120 Å². The first-order valence-electron chi connectivity index (χ1n) is 9.38. The third-order valence-electron chi connectivity index (χ3n) is 4.76. The first kappa shape index (κ1) is 17.7. The van der Waals surface area contributed by atoms with E-state index in [0.717, 1.165) is 16.7 Å². The molecule has 0 aliphatic heterocycles. The van der Waals surface area contributed by atoms with E-state index in [1.807, 2.05) is 84.9 Å². The number of carbonyl (C=O) groups excluding carboxylic acids is 1. The fourth-order valence-electron chi connectivity index (χ4n) is 3.33. The molecule has 0 bridgehead atoms. The molecule has 0 atom stereocenters. The smallest absolute Gasteiger partial charge is 0.252 e. The summed E-state index contributed by atoms with van der Waals surface area (Å²) in [6.45, 7) is 0.485. The van der Waals surface area contributed by atoms with Gasteiger partial charge in [0.25, 0.3) is 5.91 Å². The molecule has 0 aromatic heterocycles. The van der Waals surface area contributed by atoms with Crippen LogP contribution in [0.15, 0.2) is 103 Å². The standard InChI is InChI=1S/C26H21NO/c28-26(27-19-23-16-9-15-21-14-7-8-17-24(21)23)25(22-12-5-2-6-13-22)18-20-10-3-1-4-11-20/h1-18H,19H2,(H,27,28)/b25-18+. The summed E-state index contributed by atoms with van der Waals surface area (Å²) in [6.07, 6.45) is 1.94. The summed E-state index contributed by atoms with van der Waals surface area (Å²) < 4.78 is 0. The maximum absolute atomic E-state index is 13.1. The summed E-state index contributed by atoms with van der Waals surface area (Å²) in [4.78, 5) is 13.1. The Balaban J connectivity index is 1.62. The molecule has 136 valence electrons. The minimum Gasteiger partial charge on any atom is -0.348 e. The Labute approximate surface area is 165 Å². The Morgan fingerprint density at radius 1 is 0.714 bits per heavy atom. The van der Waals surface area contributed by atoms with Crippen LogP contribution in [0.1, 0.15) is 16.7 Å². The van der Waals surface area contributed by atoms with Crippen molar-refractivity contribution in [2.45, 2.75) is 6.54 Å². The molecule has 4 aromatic rings. The lowest BCUT2D eigenvalue weighted by Crippen LogP contribution is -2.24. The molecule has 2 heteroatoms. The summed E-state index contributed by atoms with van der Waals surface area (Å²) >= 11 is 0. The molecule has 0 aliphatic carbocycles. The number of amides is 1. The van der Waals surface area contributed by atoms with Gasteiger partial charge in [-0.3, -0.25) is 4.79 Å². The molecule has 0 unspecified atom stereocenters. The largest absolute Gasteiger partial charge is 0.348 e. The van der Waals surface area contributed by atoms with Gasteiger partial charge in [0.2, 0.25) is 0 Å². The highest BCUT2D eigenvalue weighted by Gasteiger charge is 2.12. The normalized spacial score (nSPS) is 11.4. The molecular weight excluding hydrogens is 342 g/mol. The van der Waals surface area contributed by atoms with Gasteiger partial charge < -0.3 is 5.32 Å². The van der Waals surface area contributed by atoms with Crippen LogP contribution in [0.2, 0.25) is 0 Å². The number of rotatable bonds is 5. The second kappa shape index (κ2) is 8.36. The van der Waals surface area contributed by atoms with Crippen LogP contribution in [0.25, 0.3) is 22.4 Å². The monoisotopic (exact) mass is 363 g/mol. The molecule has 0 saturated carbocycles. The lowest BCUT2D eigenvalue weighted by atomic mass is 10.0. The van der Waals surface area contributed by atoms with Gasteiger partial charge in [0.05, 0.1) is 0 Å². The van der Waals surface area contributed by atoms with Crippen LogP contribution in [0, 0.1) is 0 Å². The summed E-state index contributed by atoms with van der Waals surface area (Å²) in [5.74, 6) is -0.0806. The van der Waals surface area contributed by atoms with E-state index in [1.165, 1.54) is 10.8 Å². The van der Waals surface area contributed by atoms with Crippen LogP contribution >= 0.6 is 0 Å². The SMILES string of the molecule is O=C(NCc1cccc2ccccc12)/C(=C/c1ccccc1)c1ccccc1. The van der Waals surface area contributed by atoms with E-state index in [9.17, 15) is 4.79 Å². The Hall–Kier alpha value is -3.65. The molecule has 0 spiro atoms. The van der Waals surface area contributed by atoms with Crippen molar-refractivity contribution in [3.63, 3.8) is 0 Å². The van der Waals surface area contributed by atoms with Crippen molar-refractivity contribution >= 4 is 28.3 Å². The molecule has 0 aliphatic rings. The zero-order chi connectivity index (χ0) is 19.2. The predicted octanol–water partition coefficient (Wildman–Crippen LogP) is 5.70. The molecule has 4 aromatic carbocycles. The lowest BCUT2D eigenvalue weighted by Gasteiger charge is -2.11. The Morgan fingerprint density at radius 3 is 2.14 bits per heavy atom. The fraction of sp³-hybridized carbons (Fsp3) is 0.0385. The molecule has 1 N–H and O–H groups in total. The molecule has 28 heavy (non-hydrogen) atoms. The van der Waals surface area contributed by atoms with Gasteiger partial charge in [-0.2, -0.15) is 0 Å². The zero-order valence-electron chi connectivity index (χ0n) is 15.5. The van der Waals surface area contributed by atoms with Gasteiger partial charge in [0, 0.05) is 12.1 Å². The van der Waals surface area contributed by atoms with Crippen LogP contribution < -0.4 is 5.32 Å². The molecule has 0 heterocycles. The highest BCUT2D eigenvalue weighted by Crippen LogP contribution is 2.21. The minimum atomic E-state index is -0.0806. The van der Waals surface area contributed by atoms with Crippen molar-refractivity contribution in [2.75, 3.05) is 0 Å². The van der Waals surface area contributed by atoms with E-state index in [0.29, 0.717) is 12.1 Å². The topological polar surface area (TPSA) is 29.1 Å². The maximum atomic E-state index is 13.1. The van der Waals surface area contributed by atoms with Crippen LogP contribution in [0.3, 0.4) is 0 Å². The number of carbonyl (C=O) groups is 1. The van der Waals surface area contributed by atoms with Gasteiger partial charge in [-0.25, -0.2) is 0 Å². The first-order valence-corrected chi connectivity index (χ1v) is 9.38. The van der Waals surface area contributed by atoms with E-state index in [1.54, 1.807) is 0 Å². The Kier molecular flexibility index (Phi) is 5.30. The van der Waals surface area contributed by atoms with Crippen molar-refractivity contribution in [1.82, 2.24) is 5.32 Å². The lowest BCUT2D eigenvalue weighted by molar-refractivity contribution is -0.115. The van der Waals surface area contributed by atoms with E-state index < -0.39 is 0 Å². The molecule has 0 radical (unpaired) electrons. The third kappa shape index (κ3) is 4.02. The van der Waals surface area contributed by atoms with E-state index >= 15 is 0 Å². The quantitative estimate of drug-likeness (QED) is 0.358. The summed E-state index contributed by atoms with van der Waals surface area (Å²) in [5, 5.41) is 5.45. The molecule has 0 saturated heterocycles. The maximum Gasteiger partial charge on any atom is 0.252 e. The number of hydrogen-bond acceptors (Lipinski definition) is 1. The van der Waals surface area contributed by atoms with Gasteiger partial charge in [0.15, 0.2) is 0 Å². The third-order valence-corrected chi connectivity index (χ3v) is 4.76. The van der Waals surface area contributed by atoms with E-state index in [2.05, 4.69) is 29.6 Å². The van der Waals surface area contributed by atoms with Gasteiger partial charge in [-0.1, -0.05) is 103 Å². The summed E-state index contributed by atoms with van der Waals surface area (Å²) in [6, 6.07) is 34.1. The second-order valence-corrected chi connectivity index (χ2v) is 6.66. The van der Waals surface area contributed by atoms with E-state index in [4.69, 9.17) is 0 Å². The minimum absolute atomic E-state index is 0.0806. The molecular formula is C26H21NO. The van der Waals surface area contributed by atoms with Crippen molar-refractivity contribution in [1.29, 1.82) is 0 Å². The van der Waals surface area contributed by atoms with Crippen molar-refractivity contribution in [2.24, 2.45) is 0 Å². The molecule has 1 amide bonds. The van der Waals surface area contributed by atoms with Crippen LogP contribution in [0.5, 0.6) is 0 Å². The van der Waals surface area contributed by atoms with Gasteiger partial charge in [-0.05, 0) is 33.5 Å². The summed E-state index contributed by atoms with van der Waals surface area (Å²) in [7, 11) is 0. The van der Waals surface area contributed by atoms with Crippen LogP contribution in [-0.2, 0) is 11.3 Å². The molecule has 2 nitrogen and oxygen atoms in total. The predicted molar refractivity (Wildman–Crippen MR) is 117 cm³/mol. The van der Waals surface area contributed by atoms with Gasteiger partial charge in [-0.15, -0.1) is 0 Å². The molecule has 4 rings (SSSR count). The Bertz CT molecular complexity index is 1110. The van der Waals surface area contributed by atoms with E-state index in [-0.39, 0.29) is 5.91 Å². The molecule has 0 fully saturated rings. The zero-order valence-corrected chi connectivity index (χ0v) is 15.5. The fourth-order valence-corrected chi connectivity index (χ4v) is 3.33. The highest BCUT2D eigenvalue weighted by molar-refractivity contribution is 6.24. The van der Waals surface area contributed by atoms with Gasteiger partial charge >= 0.3 is 0 Å². The number of nitrogens with one attached hydrogen (secondary N) is 1. The number of fused-ring (bicyclic) bond motifs is 1. The average molecular weight is 363 g/mol.